The van der Waals surface area contributed by atoms with E-state index in [1.165, 1.54) is 18.2 Å². The molecule has 1 amide bonds. The smallest absolute Gasteiger partial charge is 0.270 e. The number of nitro groups is 1. The van der Waals surface area contributed by atoms with Crippen LogP contribution < -0.4 is 10.1 Å². The number of nitrogens with zero attached hydrogens (tertiary/aromatic N) is 2. The lowest BCUT2D eigenvalue weighted by Gasteiger charge is -2.07. The Morgan fingerprint density at radius 3 is 2.77 bits per heavy atom. The van der Waals surface area contributed by atoms with Crippen molar-refractivity contribution < 1.29 is 18.9 Å². The number of non-ortho nitro benzene ring substituents is 1. The Bertz CT molecular complexity index is 1200. The number of anilines is 1. The fraction of sp³-hybridized carbons (Fsp3) is 0.130. The second-order valence-corrected chi connectivity index (χ2v) is 6.54. The number of rotatable bonds is 7. The summed E-state index contributed by atoms with van der Waals surface area (Å²) in [6.07, 6.45) is 1.32. The summed E-state index contributed by atoms with van der Waals surface area (Å²) in [6.45, 7) is 4.15. The fourth-order valence-corrected chi connectivity index (χ4v) is 2.88. The van der Waals surface area contributed by atoms with Crippen LogP contribution in [0.5, 0.6) is 5.75 Å². The maximum absolute atomic E-state index is 12.5. The zero-order valence-electron chi connectivity index (χ0n) is 16.9. The summed E-state index contributed by atoms with van der Waals surface area (Å²) in [5.74, 6) is 0.677. The SMILES string of the molecule is CCOc1cccc(NC(=O)/C(C#N)=C\c2ccc(-c3cc([N+](=O)[O-])ccc3C)o2)c1. The lowest BCUT2D eigenvalue weighted by Crippen LogP contribution is -2.13. The maximum Gasteiger partial charge on any atom is 0.270 e. The first kappa shape index (κ1) is 21.3. The summed E-state index contributed by atoms with van der Waals surface area (Å²) in [6, 6.07) is 16.4. The number of aryl methyl sites for hydroxylation is 1. The van der Waals surface area contributed by atoms with Gasteiger partial charge >= 0.3 is 0 Å². The minimum atomic E-state index is -0.597. The molecule has 0 aliphatic rings. The Hall–Kier alpha value is -4.38. The first-order valence-electron chi connectivity index (χ1n) is 9.42. The van der Waals surface area contributed by atoms with Crippen molar-refractivity contribution in [3.05, 3.63) is 81.6 Å². The van der Waals surface area contributed by atoms with Crippen LogP contribution >= 0.6 is 0 Å². The Morgan fingerprint density at radius 2 is 2.06 bits per heavy atom. The van der Waals surface area contributed by atoms with Gasteiger partial charge in [-0.05, 0) is 43.7 Å². The number of nitriles is 1. The first-order valence-corrected chi connectivity index (χ1v) is 9.42. The molecule has 0 bridgehead atoms. The third-order valence-electron chi connectivity index (χ3n) is 4.38. The van der Waals surface area contributed by atoms with Crippen LogP contribution in [-0.4, -0.2) is 17.4 Å². The molecule has 0 saturated heterocycles. The predicted octanol–water partition coefficient (Wildman–Crippen LogP) is 5.11. The summed E-state index contributed by atoms with van der Waals surface area (Å²) in [5.41, 5.74) is 1.64. The molecule has 0 aliphatic carbocycles. The molecule has 0 radical (unpaired) electrons. The van der Waals surface area contributed by atoms with Gasteiger partial charge in [0.1, 0.15) is 28.9 Å². The van der Waals surface area contributed by atoms with Crippen LogP contribution in [0.15, 0.2) is 64.6 Å². The molecular weight excluding hydrogens is 398 g/mol. The van der Waals surface area contributed by atoms with Crippen molar-refractivity contribution in [1.29, 1.82) is 5.26 Å². The zero-order chi connectivity index (χ0) is 22.4. The lowest BCUT2D eigenvalue weighted by atomic mass is 10.1. The average molecular weight is 417 g/mol. The molecule has 0 aliphatic heterocycles. The molecule has 8 heteroatoms. The third-order valence-corrected chi connectivity index (χ3v) is 4.38. The molecule has 3 aromatic rings. The second kappa shape index (κ2) is 9.41. The molecule has 3 rings (SSSR count). The summed E-state index contributed by atoms with van der Waals surface area (Å²) >= 11 is 0. The van der Waals surface area contributed by atoms with Gasteiger partial charge in [0.05, 0.1) is 11.5 Å². The number of hydrogen-bond donors (Lipinski definition) is 1. The monoisotopic (exact) mass is 417 g/mol. The summed E-state index contributed by atoms with van der Waals surface area (Å²) in [4.78, 5) is 23.1. The van der Waals surface area contributed by atoms with E-state index in [1.807, 2.05) is 19.9 Å². The number of carbonyl (C=O) groups is 1. The van der Waals surface area contributed by atoms with Gasteiger partial charge in [-0.3, -0.25) is 14.9 Å². The van der Waals surface area contributed by atoms with E-state index in [0.29, 0.717) is 29.4 Å². The summed E-state index contributed by atoms with van der Waals surface area (Å²) < 4.78 is 11.1. The molecule has 31 heavy (non-hydrogen) atoms. The van der Waals surface area contributed by atoms with E-state index in [4.69, 9.17) is 9.15 Å². The van der Waals surface area contributed by atoms with Gasteiger partial charge in [-0.1, -0.05) is 12.1 Å². The van der Waals surface area contributed by atoms with Crippen molar-refractivity contribution in [2.75, 3.05) is 11.9 Å². The van der Waals surface area contributed by atoms with E-state index in [2.05, 4.69) is 5.32 Å². The van der Waals surface area contributed by atoms with E-state index >= 15 is 0 Å². The quantitative estimate of drug-likeness (QED) is 0.247. The number of ether oxygens (including phenoxy) is 1. The van der Waals surface area contributed by atoms with Gasteiger partial charge in [0.25, 0.3) is 11.6 Å². The third kappa shape index (κ3) is 5.16. The lowest BCUT2D eigenvalue weighted by molar-refractivity contribution is -0.384. The van der Waals surface area contributed by atoms with Gasteiger partial charge in [-0.25, -0.2) is 0 Å². The Labute approximate surface area is 178 Å². The standard InChI is InChI=1S/C23H19N3O5/c1-3-30-19-6-4-5-17(12-19)25-23(27)16(14-24)11-20-9-10-22(31-20)21-13-18(26(28)29)8-7-15(21)2/h4-13H,3H2,1-2H3,(H,25,27)/b16-11-. The highest BCUT2D eigenvalue weighted by atomic mass is 16.6. The van der Waals surface area contributed by atoms with Gasteiger partial charge in [-0.2, -0.15) is 5.26 Å². The minimum absolute atomic E-state index is 0.0551. The predicted molar refractivity (Wildman–Crippen MR) is 115 cm³/mol. The van der Waals surface area contributed by atoms with Crippen molar-refractivity contribution in [3.63, 3.8) is 0 Å². The Balaban J connectivity index is 1.83. The molecule has 0 fully saturated rings. The van der Waals surface area contributed by atoms with Crippen LogP contribution in [-0.2, 0) is 4.79 Å². The largest absolute Gasteiger partial charge is 0.494 e. The molecule has 2 aromatic carbocycles. The van der Waals surface area contributed by atoms with Crippen LogP contribution in [0, 0.1) is 28.4 Å². The highest BCUT2D eigenvalue weighted by molar-refractivity contribution is 6.09. The van der Waals surface area contributed by atoms with E-state index in [9.17, 15) is 20.2 Å². The zero-order valence-corrected chi connectivity index (χ0v) is 16.9. The maximum atomic E-state index is 12.5. The van der Waals surface area contributed by atoms with Crippen LogP contribution in [0.2, 0.25) is 0 Å². The van der Waals surface area contributed by atoms with Crippen molar-refractivity contribution in [3.8, 4) is 23.1 Å². The van der Waals surface area contributed by atoms with E-state index in [0.717, 1.165) is 5.56 Å². The van der Waals surface area contributed by atoms with Crippen LogP contribution in [0.1, 0.15) is 18.2 Å². The summed E-state index contributed by atoms with van der Waals surface area (Å²) in [7, 11) is 0. The molecule has 156 valence electrons. The number of benzene rings is 2. The van der Waals surface area contributed by atoms with Gasteiger partial charge in [0.15, 0.2) is 0 Å². The number of hydrogen-bond acceptors (Lipinski definition) is 6. The topological polar surface area (TPSA) is 118 Å². The first-order chi connectivity index (χ1) is 14.9. The number of nitro benzene ring substituents is 1. The van der Waals surface area contributed by atoms with Crippen molar-refractivity contribution in [2.45, 2.75) is 13.8 Å². The highest BCUT2D eigenvalue weighted by Gasteiger charge is 2.15. The number of carbonyl (C=O) groups excluding carboxylic acids is 1. The van der Waals surface area contributed by atoms with Gasteiger partial charge in [-0.15, -0.1) is 0 Å². The second-order valence-electron chi connectivity index (χ2n) is 6.54. The van der Waals surface area contributed by atoms with E-state index in [1.54, 1.807) is 42.5 Å². The van der Waals surface area contributed by atoms with E-state index in [-0.39, 0.29) is 17.0 Å². The molecular formula is C23H19N3O5. The number of furan rings is 1. The molecule has 1 N–H and O–H groups in total. The van der Waals surface area contributed by atoms with E-state index < -0.39 is 10.8 Å². The minimum Gasteiger partial charge on any atom is -0.494 e. The van der Waals surface area contributed by atoms with Gasteiger partial charge in [0.2, 0.25) is 0 Å². The van der Waals surface area contributed by atoms with Crippen LogP contribution in [0.4, 0.5) is 11.4 Å². The van der Waals surface area contributed by atoms with Crippen LogP contribution in [0.25, 0.3) is 17.4 Å². The average Bonchev–Trinajstić information content (AvgIpc) is 3.21. The van der Waals surface area contributed by atoms with Crippen molar-refractivity contribution in [1.82, 2.24) is 0 Å². The summed E-state index contributed by atoms with van der Waals surface area (Å²) in [5, 5.41) is 23.1. The molecule has 0 spiro atoms. The van der Waals surface area contributed by atoms with Crippen molar-refractivity contribution >= 4 is 23.4 Å². The normalized spacial score (nSPS) is 10.9. The molecule has 0 unspecified atom stereocenters. The molecule has 1 aromatic heterocycles. The van der Waals surface area contributed by atoms with Gasteiger partial charge < -0.3 is 14.5 Å². The highest BCUT2D eigenvalue weighted by Crippen LogP contribution is 2.30. The van der Waals surface area contributed by atoms with Crippen molar-refractivity contribution in [2.24, 2.45) is 0 Å². The molecule has 8 nitrogen and oxygen atoms in total. The fourth-order valence-electron chi connectivity index (χ4n) is 2.88. The molecule has 1 heterocycles. The van der Waals surface area contributed by atoms with Gasteiger partial charge in [0, 0.05) is 35.5 Å². The molecule has 0 atom stereocenters. The number of amides is 1. The Kier molecular flexibility index (Phi) is 6.48. The Morgan fingerprint density at radius 1 is 1.26 bits per heavy atom. The van der Waals surface area contributed by atoms with Crippen LogP contribution in [0.3, 0.4) is 0 Å². The molecule has 0 saturated carbocycles. The number of nitrogens with one attached hydrogen (secondary N) is 1.